The fourth-order valence-corrected chi connectivity index (χ4v) is 2.17. The molecule has 0 spiro atoms. The molecule has 1 fully saturated rings. The molecule has 0 radical (unpaired) electrons. The van der Waals surface area contributed by atoms with Gasteiger partial charge in [-0.2, -0.15) is 0 Å². The van der Waals surface area contributed by atoms with Crippen molar-refractivity contribution >= 4 is 11.9 Å². The van der Waals surface area contributed by atoms with E-state index in [-0.39, 0.29) is 18.0 Å². The highest BCUT2D eigenvalue weighted by molar-refractivity contribution is 5.95. The summed E-state index contributed by atoms with van der Waals surface area (Å²) in [4.78, 5) is 25.5. The van der Waals surface area contributed by atoms with E-state index in [1.165, 1.54) is 0 Å². The fourth-order valence-electron chi connectivity index (χ4n) is 2.17. The summed E-state index contributed by atoms with van der Waals surface area (Å²) < 4.78 is 0. The van der Waals surface area contributed by atoms with E-state index >= 15 is 0 Å². The predicted octanol–water partition coefficient (Wildman–Crippen LogP) is 0.295. The summed E-state index contributed by atoms with van der Waals surface area (Å²) in [7, 11) is 0. The fraction of sp³-hybridized carbons (Fsp3) is 0.846. The van der Waals surface area contributed by atoms with Gasteiger partial charge in [-0.1, -0.05) is 6.92 Å². The van der Waals surface area contributed by atoms with Crippen LogP contribution in [0.25, 0.3) is 0 Å². The van der Waals surface area contributed by atoms with Crippen LogP contribution in [0.1, 0.15) is 34.1 Å². The molecule has 1 rings (SSSR count). The number of likely N-dealkylation sites (N-methyl/N-ethyl adjacent to an activating group) is 1. The van der Waals surface area contributed by atoms with E-state index in [4.69, 9.17) is 0 Å². The van der Waals surface area contributed by atoms with Gasteiger partial charge in [-0.3, -0.25) is 15.0 Å². The molecule has 6 nitrogen and oxygen atoms in total. The van der Waals surface area contributed by atoms with Gasteiger partial charge in [-0.15, -0.1) is 0 Å². The molecule has 3 N–H and O–H groups in total. The van der Waals surface area contributed by atoms with Gasteiger partial charge in [0.25, 0.3) is 0 Å². The molecular formula is C13H26N4O2. The molecule has 0 aromatic heterocycles. The lowest BCUT2D eigenvalue weighted by molar-refractivity contribution is -0.121. The Balaban J connectivity index is 2.38. The quantitative estimate of drug-likeness (QED) is 0.687. The van der Waals surface area contributed by atoms with Crippen molar-refractivity contribution in [3.8, 4) is 0 Å². The number of hydrogen-bond acceptors (Lipinski definition) is 4. The zero-order valence-electron chi connectivity index (χ0n) is 12.4. The Hall–Kier alpha value is -1.14. The lowest BCUT2D eigenvalue weighted by Crippen LogP contribution is -2.51. The maximum Gasteiger partial charge on any atom is 0.321 e. The van der Waals surface area contributed by atoms with Crippen LogP contribution in [0.2, 0.25) is 0 Å². The number of nitrogens with one attached hydrogen (secondary N) is 3. The second kappa shape index (κ2) is 6.86. The van der Waals surface area contributed by atoms with Gasteiger partial charge >= 0.3 is 6.03 Å². The van der Waals surface area contributed by atoms with Crippen LogP contribution < -0.4 is 16.0 Å². The summed E-state index contributed by atoms with van der Waals surface area (Å²) in [6, 6.07) is -0.0421. The number of rotatable bonds is 4. The van der Waals surface area contributed by atoms with Crippen LogP contribution in [0.5, 0.6) is 0 Å². The van der Waals surface area contributed by atoms with Crippen LogP contribution in [0, 0.1) is 0 Å². The molecule has 1 heterocycles. The first-order chi connectivity index (χ1) is 8.81. The van der Waals surface area contributed by atoms with Crippen LogP contribution >= 0.6 is 0 Å². The smallest absolute Gasteiger partial charge is 0.321 e. The average Bonchev–Trinajstić information content (AvgIpc) is 2.75. The largest absolute Gasteiger partial charge is 0.333 e. The predicted molar refractivity (Wildman–Crippen MR) is 74.9 cm³/mol. The number of urea groups is 1. The molecule has 1 saturated heterocycles. The summed E-state index contributed by atoms with van der Waals surface area (Å²) in [6.45, 7) is 10.6. The Morgan fingerprint density at radius 2 is 2.05 bits per heavy atom. The Labute approximate surface area is 115 Å². The van der Waals surface area contributed by atoms with Crippen molar-refractivity contribution < 1.29 is 9.59 Å². The molecule has 110 valence electrons. The summed E-state index contributed by atoms with van der Waals surface area (Å²) in [5.41, 5.74) is -0.343. The summed E-state index contributed by atoms with van der Waals surface area (Å²) in [6.07, 6.45) is 1.05. The second-order valence-corrected chi connectivity index (χ2v) is 5.96. The summed E-state index contributed by atoms with van der Waals surface area (Å²) in [5, 5.41) is 8.36. The van der Waals surface area contributed by atoms with Gasteiger partial charge < -0.3 is 10.6 Å². The first kappa shape index (κ1) is 15.9. The van der Waals surface area contributed by atoms with Crippen LogP contribution in [0.15, 0.2) is 0 Å². The topological polar surface area (TPSA) is 73.5 Å². The minimum atomic E-state index is -0.432. The molecule has 0 aliphatic carbocycles. The minimum Gasteiger partial charge on any atom is -0.333 e. The molecular weight excluding hydrogens is 244 g/mol. The third-order valence-electron chi connectivity index (χ3n) is 3.05. The van der Waals surface area contributed by atoms with E-state index in [0.29, 0.717) is 6.04 Å². The maximum absolute atomic E-state index is 11.8. The number of carbonyl (C=O) groups excluding carboxylic acids is 2. The molecule has 6 heteroatoms. The number of carbonyl (C=O) groups is 2. The van der Waals surface area contributed by atoms with Crippen molar-refractivity contribution in [2.75, 3.05) is 26.2 Å². The van der Waals surface area contributed by atoms with E-state index in [9.17, 15) is 9.59 Å². The Morgan fingerprint density at radius 3 is 2.53 bits per heavy atom. The third kappa shape index (κ3) is 6.02. The van der Waals surface area contributed by atoms with Crippen LogP contribution in [0.3, 0.4) is 0 Å². The number of amides is 3. The van der Waals surface area contributed by atoms with Crippen LogP contribution in [-0.2, 0) is 4.79 Å². The van der Waals surface area contributed by atoms with Crippen molar-refractivity contribution in [2.24, 2.45) is 0 Å². The first-order valence-electron chi connectivity index (χ1n) is 6.88. The molecule has 3 amide bonds. The van der Waals surface area contributed by atoms with Crippen molar-refractivity contribution in [2.45, 2.75) is 45.7 Å². The van der Waals surface area contributed by atoms with Crippen LogP contribution in [-0.4, -0.2) is 54.6 Å². The zero-order valence-corrected chi connectivity index (χ0v) is 12.4. The van der Waals surface area contributed by atoms with Gasteiger partial charge in [0.2, 0.25) is 5.91 Å². The maximum atomic E-state index is 11.8. The van der Waals surface area contributed by atoms with Gasteiger partial charge in [0.05, 0.1) is 6.54 Å². The van der Waals surface area contributed by atoms with Crippen LogP contribution in [0.4, 0.5) is 4.79 Å². The molecule has 0 aromatic rings. The first-order valence-corrected chi connectivity index (χ1v) is 6.88. The van der Waals surface area contributed by atoms with E-state index in [1.807, 2.05) is 27.7 Å². The second-order valence-electron chi connectivity index (χ2n) is 5.96. The van der Waals surface area contributed by atoms with Crippen molar-refractivity contribution in [3.63, 3.8) is 0 Å². The van der Waals surface area contributed by atoms with E-state index < -0.39 is 6.03 Å². The van der Waals surface area contributed by atoms with Crippen molar-refractivity contribution in [1.82, 2.24) is 20.9 Å². The van der Waals surface area contributed by atoms with Gasteiger partial charge in [-0.05, 0) is 40.3 Å². The Kier molecular flexibility index (Phi) is 5.75. The summed E-state index contributed by atoms with van der Waals surface area (Å²) in [5.74, 6) is -0.254. The molecule has 0 bridgehead atoms. The van der Waals surface area contributed by atoms with E-state index in [1.54, 1.807) is 0 Å². The Bertz CT molecular complexity index is 319. The number of nitrogens with zero attached hydrogens (tertiary/aromatic N) is 1. The molecule has 0 aromatic carbocycles. The Morgan fingerprint density at radius 1 is 1.37 bits per heavy atom. The summed E-state index contributed by atoms with van der Waals surface area (Å²) >= 11 is 0. The molecule has 1 unspecified atom stereocenters. The minimum absolute atomic E-state index is 0.254. The number of hydrogen-bond donors (Lipinski definition) is 3. The molecule has 1 atom stereocenters. The van der Waals surface area contributed by atoms with Crippen molar-refractivity contribution in [1.29, 1.82) is 0 Å². The highest BCUT2D eigenvalue weighted by atomic mass is 16.2. The molecule has 19 heavy (non-hydrogen) atoms. The highest BCUT2D eigenvalue weighted by Gasteiger charge is 2.23. The highest BCUT2D eigenvalue weighted by Crippen LogP contribution is 2.07. The SMILES string of the molecule is CCN(CC(=O)NC(=O)NC(C)(C)C)C1CCNC1. The molecule has 1 aliphatic heterocycles. The third-order valence-corrected chi connectivity index (χ3v) is 3.05. The van der Waals surface area contributed by atoms with Gasteiger partial charge in [0.1, 0.15) is 0 Å². The lowest BCUT2D eigenvalue weighted by atomic mass is 10.1. The lowest BCUT2D eigenvalue weighted by Gasteiger charge is -2.26. The normalized spacial score (nSPS) is 19.5. The van der Waals surface area contributed by atoms with Gasteiger partial charge in [-0.25, -0.2) is 4.79 Å². The van der Waals surface area contributed by atoms with E-state index in [2.05, 4.69) is 20.9 Å². The van der Waals surface area contributed by atoms with E-state index in [0.717, 1.165) is 26.1 Å². The monoisotopic (exact) mass is 270 g/mol. The zero-order chi connectivity index (χ0) is 14.5. The van der Waals surface area contributed by atoms with Gasteiger partial charge in [0, 0.05) is 18.1 Å². The van der Waals surface area contributed by atoms with Crippen molar-refractivity contribution in [3.05, 3.63) is 0 Å². The average molecular weight is 270 g/mol. The van der Waals surface area contributed by atoms with Gasteiger partial charge in [0.15, 0.2) is 0 Å². The molecule has 1 aliphatic rings. The molecule has 0 saturated carbocycles. The standard InChI is InChI=1S/C13H26N4O2/c1-5-17(10-6-7-14-8-10)9-11(18)15-12(19)16-13(2,3)4/h10,14H,5-9H2,1-4H3,(H2,15,16,18,19). The number of imide groups is 1.